The van der Waals surface area contributed by atoms with Crippen LogP contribution < -0.4 is 5.32 Å². The number of esters is 1. The van der Waals surface area contributed by atoms with Crippen molar-refractivity contribution in [2.45, 2.75) is 6.92 Å². The Morgan fingerprint density at radius 2 is 2.28 bits per heavy atom. The van der Waals surface area contributed by atoms with Gasteiger partial charge in [0.05, 0.1) is 16.6 Å². The molecule has 0 aliphatic rings. The van der Waals surface area contributed by atoms with Gasteiger partial charge in [-0.25, -0.2) is 4.39 Å². The molecule has 0 amide bonds. The Hall–Kier alpha value is -1.89. The Morgan fingerprint density at radius 3 is 2.83 bits per heavy atom. The molecule has 0 aliphatic heterocycles. The molecule has 0 heterocycles. The molecule has 0 fully saturated rings. The topological polar surface area (TPSA) is 81.5 Å². The van der Waals surface area contributed by atoms with Crippen LogP contribution in [0.15, 0.2) is 12.1 Å². The molecule has 98 valence electrons. The Morgan fingerprint density at radius 1 is 1.61 bits per heavy atom. The molecule has 1 aromatic carbocycles. The van der Waals surface area contributed by atoms with Crippen LogP contribution >= 0.6 is 11.6 Å². The number of anilines is 1. The first-order valence-electron chi connectivity index (χ1n) is 4.98. The Labute approximate surface area is 107 Å². The van der Waals surface area contributed by atoms with E-state index in [1.165, 1.54) is 0 Å². The van der Waals surface area contributed by atoms with Gasteiger partial charge in [-0.15, -0.1) is 0 Å². The van der Waals surface area contributed by atoms with Crippen molar-refractivity contribution < 1.29 is 18.8 Å². The first kappa shape index (κ1) is 14.2. The maximum Gasteiger partial charge on any atom is 0.325 e. The SMILES string of the molecule is CCOC(=O)CNc1cc(F)c(Cl)cc1[N+](=O)[O-]. The van der Waals surface area contributed by atoms with Crippen LogP contribution in [0.4, 0.5) is 15.8 Å². The third-order valence-corrected chi connectivity index (χ3v) is 2.25. The van der Waals surface area contributed by atoms with E-state index in [1.54, 1.807) is 6.92 Å². The largest absolute Gasteiger partial charge is 0.465 e. The Bertz CT molecular complexity index is 481. The molecule has 8 heteroatoms. The molecular weight excluding hydrogens is 267 g/mol. The lowest BCUT2D eigenvalue weighted by Crippen LogP contribution is -2.17. The van der Waals surface area contributed by atoms with Gasteiger partial charge in [0.25, 0.3) is 5.69 Å². The summed E-state index contributed by atoms with van der Waals surface area (Å²) in [7, 11) is 0. The van der Waals surface area contributed by atoms with Crippen LogP contribution in [0, 0.1) is 15.9 Å². The fraction of sp³-hybridized carbons (Fsp3) is 0.300. The number of nitro groups is 1. The number of rotatable bonds is 5. The number of carbonyl (C=O) groups excluding carboxylic acids is 1. The molecule has 1 N–H and O–H groups in total. The predicted octanol–water partition coefficient (Wildman–Crippen LogP) is 2.36. The molecule has 6 nitrogen and oxygen atoms in total. The average molecular weight is 277 g/mol. The fourth-order valence-electron chi connectivity index (χ4n) is 1.21. The summed E-state index contributed by atoms with van der Waals surface area (Å²) in [6, 6.07) is 1.74. The summed E-state index contributed by atoms with van der Waals surface area (Å²) < 4.78 is 17.8. The standard InChI is InChI=1S/C10H10ClFN2O4/c1-2-18-10(15)5-13-8-4-7(12)6(11)3-9(8)14(16)17/h3-4,13H,2,5H2,1H3. The number of ether oxygens (including phenoxy) is 1. The first-order chi connectivity index (χ1) is 8.45. The lowest BCUT2D eigenvalue weighted by Gasteiger charge is -2.07. The number of halogens is 2. The van der Waals surface area contributed by atoms with E-state index in [9.17, 15) is 19.3 Å². The summed E-state index contributed by atoms with van der Waals surface area (Å²) in [5, 5.41) is 12.8. The van der Waals surface area contributed by atoms with Gasteiger partial charge in [0.15, 0.2) is 0 Å². The highest BCUT2D eigenvalue weighted by molar-refractivity contribution is 6.31. The summed E-state index contributed by atoms with van der Waals surface area (Å²) in [6.07, 6.45) is 0. The molecule has 0 aliphatic carbocycles. The van der Waals surface area contributed by atoms with E-state index in [0.717, 1.165) is 12.1 Å². The highest BCUT2D eigenvalue weighted by Crippen LogP contribution is 2.30. The Balaban J connectivity index is 2.90. The van der Waals surface area contributed by atoms with Crippen LogP contribution in [0.25, 0.3) is 0 Å². The molecule has 0 unspecified atom stereocenters. The number of hydrogen-bond donors (Lipinski definition) is 1. The zero-order chi connectivity index (χ0) is 13.7. The summed E-state index contributed by atoms with van der Waals surface area (Å²) in [5.41, 5.74) is -0.541. The van der Waals surface area contributed by atoms with Gasteiger partial charge in [0, 0.05) is 12.1 Å². The lowest BCUT2D eigenvalue weighted by molar-refractivity contribution is -0.384. The molecule has 0 radical (unpaired) electrons. The van der Waals surface area contributed by atoms with E-state index in [0.29, 0.717) is 0 Å². The fourth-order valence-corrected chi connectivity index (χ4v) is 1.37. The van der Waals surface area contributed by atoms with Gasteiger partial charge in [0.2, 0.25) is 0 Å². The third kappa shape index (κ3) is 3.56. The van der Waals surface area contributed by atoms with Gasteiger partial charge in [-0.3, -0.25) is 14.9 Å². The van der Waals surface area contributed by atoms with Crippen molar-refractivity contribution in [1.29, 1.82) is 0 Å². The summed E-state index contributed by atoms with van der Waals surface area (Å²) in [4.78, 5) is 21.1. The number of carbonyl (C=O) groups is 1. The van der Waals surface area contributed by atoms with Gasteiger partial charge in [0.1, 0.15) is 18.0 Å². The molecular formula is C10H10ClFN2O4. The van der Waals surface area contributed by atoms with Crippen LogP contribution in [0.3, 0.4) is 0 Å². The highest BCUT2D eigenvalue weighted by Gasteiger charge is 2.18. The van der Waals surface area contributed by atoms with Gasteiger partial charge in [-0.1, -0.05) is 11.6 Å². The van der Waals surface area contributed by atoms with Crippen molar-refractivity contribution in [2.24, 2.45) is 0 Å². The second-order valence-corrected chi connectivity index (χ2v) is 3.61. The van der Waals surface area contributed by atoms with Crippen LogP contribution in [0.5, 0.6) is 0 Å². The molecule has 0 spiro atoms. The van der Waals surface area contributed by atoms with E-state index in [4.69, 9.17) is 11.6 Å². The summed E-state index contributed by atoms with van der Waals surface area (Å²) in [5.74, 6) is -1.41. The number of hydrogen-bond acceptors (Lipinski definition) is 5. The minimum Gasteiger partial charge on any atom is -0.465 e. The quantitative estimate of drug-likeness (QED) is 0.507. The second-order valence-electron chi connectivity index (χ2n) is 3.20. The highest BCUT2D eigenvalue weighted by atomic mass is 35.5. The molecule has 1 rings (SSSR count). The number of nitro benzene ring substituents is 1. The summed E-state index contributed by atoms with van der Waals surface area (Å²) >= 11 is 5.44. The molecule has 0 saturated heterocycles. The van der Waals surface area contributed by atoms with Crippen molar-refractivity contribution in [3.63, 3.8) is 0 Å². The monoisotopic (exact) mass is 276 g/mol. The van der Waals surface area contributed by atoms with Crippen LogP contribution in [-0.2, 0) is 9.53 Å². The average Bonchev–Trinajstić information content (AvgIpc) is 2.30. The molecule has 0 bridgehead atoms. The first-order valence-corrected chi connectivity index (χ1v) is 5.36. The van der Waals surface area contributed by atoms with Gasteiger partial charge in [-0.05, 0) is 6.92 Å². The molecule has 1 aromatic rings. The zero-order valence-corrected chi connectivity index (χ0v) is 10.2. The van der Waals surface area contributed by atoms with E-state index in [1.807, 2.05) is 0 Å². The van der Waals surface area contributed by atoms with Crippen LogP contribution in [0.1, 0.15) is 6.92 Å². The maximum absolute atomic E-state index is 13.2. The predicted molar refractivity (Wildman–Crippen MR) is 63.2 cm³/mol. The van der Waals surface area contributed by atoms with Crippen molar-refractivity contribution >= 4 is 28.9 Å². The van der Waals surface area contributed by atoms with Crippen molar-refractivity contribution in [3.05, 3.63) is 33.1 Å². The van der Waals surface area contributed by atoms with Gasteiger partial charge >= 0.3 is 5.97 Å². The summed E-state index contributed by atoms with van der Waals surface area (Å²) in [6.45, 7) is 1.52. The third-order valence-electron chi connectivity index (χ3n) is 1.96. The van der Waals surface area contributed by atoms with E-state index < -0.39 is 22.4 Å². The van der Waals surface area contributed by atoms with E-state index in [-0.39, 0.29) is 23.9 Å². The minimum atomic E-state index is -0.811. The second kappa shape index (κ2) is 6.15. The molecule has 0 atom stereocenters. The normalized spacial score (nSPS) is 9.94. The molecule has 0 saturated carbocycles. The minimum absolute atomic E-state index is 0.130. The van der Waals surface area contributed by atoms with Gasteiger partial charge in [-0.2, -0.15) is 0 Å². The van der Waals surface area contributed by atoms with Gasteiger partial charge < -0.3 is 10.1 Å². The number of nitrogens with zero attached hydrogens (tertiary/aromatic N) is 1. The molecule has 0 aromatic heterocycles. The van der Waals surface area contributed by atoms with Crippen molar-refractivity contribution in [3.8, 4) is 0 Å². The molecule has 18 heavy (non-hydrogen) atoms. The zero-order valence-electron chi connectivity index (χ0n) is 9.41. The van der Waals surface area contributed by atoms with Crippen molar-refractivity contribution in [2.75, 3.05) is 18.5 Å². The van der Waals surface area contributed by atoms with Crippen molar-refractivity contribution in [1.82, 2.24) is 0 Å². The Kier molecular flexibility index (Phi) is 4.85. The number of nitrogens with one attached hydrogen (secondary N) is 1. The smallest absolute Gasteiger partial charge is 0.325 e. The van der Waals surface area contributed by atoms with Crippen LogP contribution in [-0.4, -0.2) is 24.0 Å². The number of benzene rings is 1. The van der Waals surface area contributed by atoms with E-state index in [2.05, 4.69) is 10.1 Å². The van der Waals surface area contributed by atoms with E-state index >= 15 is 0 Å². The maximum atomic E-state index is 13.2. The lowest BCUT2D eigenvalue weighted by atomic mass is 10.2. The van der Waals surface area contributed by atoms with Crippen LogP contribution in [0.2, 0.25) is 5.02 Å².